The van der Waals surface area contributed by atoms with Crippen LogP contribution in [0.4, 0.5) is 4.79 Å². The van der Waals surface area contributed by atoms with Gasteiger partial charge in [0.15, 0.2) is 5.78 Å². The summed E-state index contributed by atoms with van der Waals surface area (Å²) in [7, 11) is 0. The van der Waals surface area contributed by atoms with Crippen molar-refractivity contribution in [2.75, 3.05) is 11.8 Å². The number of alkyl carbamates (subject to hydrolysis) is 1. The topological polar surface area (TPSA) is 122 Å². The van der Waals surface area contributed by atoms with Gasteiger partial charge in [0.25, 0.3) is 0 Å². The highest BCUT2D eigenvalue weighted by atomic mass is 35.5. The number of nitrogens with one attached hydrogen (secondary N) is 2. The molecule has 0 aliphatic carbocycles. The summed E-state index contributed by atoms with van der Waals surface area (Å²) < 4.78 is 5.15. The van der Waals surface area contributed by atoms with Gasteiger partial charge in [-0.05, 0) is 18.1 Å². The van der Waals surface area contributed by atoms with Crippen molar-refractivity contribution in [3.63, 3.8) is 0 Å². The normalized spacial score (nSPS) is 11.7. The van der Waals surface area contributed by atoms with Gasteiger partial charge < -0.3 is 20.5 Å². The predicted molar refractivity (Wildman–Crippen MR) is 125 cm³/mol. The van der Waals surface area contributed by atoms with Gasteiger partial charge in [-0.25, -0.2) is 4.79 Å². The van der Waals surface area contributed by atoms with Crippen LogP contribution in [0, 0.1) is 0 Å². The molecular formula is C23H26Cl2N2O6. The van der Waals surface area contributed by atoms with E-state index in [1.54, 1.807) is 0 Å². The lowest BCUT2D eigenvalue weighted by molar-refractivity contribution is -0.141. The van der Waals surface area contributed by atoms with E-state index in [9.17, 15) is 19.2 Å². The Morgan fingerprint density at radius 2 is 1.39 bits per heavy atom. The molecule has 0 heterocycles. The van der Waals surface area contributed by atoms with Crippen molar-refractivity contribution in [3.8, 4) is 0 Å². The van der Waals surface area contributed by atoms with Crippen molar-refractivity contribution in [2.45, 2.75) is 32.0 Å². The molecule has 0 aromatic heterocycles. The molecular weight excluding hydrogens is 471 g/mol. The third-order valence-corrected chi connectivity index (χ3v) is 4.73. The maximum absolute atomic E-state index is 12.4. The Morgan fingerprint density at radius 3 is 1.85 bits per heavy atom. The Labute approximate surface area is 202 Å². The average molecular weight is 497 g/mol. The molecule has 0 aliphatic rings. The van der Waals surface area contributed by atoms with Gasteiger partial charge in [0.1, 0.15) is 18.7 Å². The number of halogens is 2. The molecule has 3 N–H and O–H groups in total. The second-order valence-corrected chi connectivity index (χ2v) is 7.36. The molecule has 2 unspecified atom stereocenters. The Bertz CT molecular complexity index is 890. The molecule has 2 amide bonds. The first kappa shape index (κ1) is 27.9. The lowest BCUT2D eigenvalue weighted by Crippen LogP contribution is -2.51. The van der Waals surface area contributed by atoms with Gasteiger partial charge in [-0.1, -0.05) is 60.7 Å². The minimum atomic E-state index is -1.16. The Balaban J connectivity index is 0.000000801. The lowest BCUT2D eigenvalue weighted by atomic mass is 10.1. The molecule has 2 atom stereocenters. The number of hydrogen-bond acceptors (Lipinski definition) is 5. The zero-order valence-corrected chi connectivity index (χ0v) is 19.5. The summed E-state index contributed by atoms with van der Waals surface area (Å²) in [5.41, 5.74) is 1.64. The van der Waals surface area contributed by atoms with Gasteiger partial charge in [-0.15, -0.1) is 23.2 Å². The summed E-state index contributed by atoms with van der Waals surface area (Å²) >= 11 is 10.0. The van der Waals surface area contributed by atoms with Crippen LogP contribution in [-0.2, 0) is 32.1 Å². The number of aliphatic carboxylic acids is 1. The Kier molecular flexibility index (Phi) is 13.3. The van der Waals surface area contributed by atoms with Crippen molar-refractivity contribution in [1.82, 2.24) is 10.6 Å². The summed E-state index contributed by atoms with van der Waals surface area (Å²) in [4.78, 5) is 45.4. The van der Waals surface area contributed by atoms with Crippen LogP contribution in [-0.4, -0.2) is 52.7 Å². The first-order valence-electron chi connectivity index (χ1n) is 9.94. The van der Waals surface area contributed by atoms with E-state index in [1.807, 2.05) is 60.7 Å². The van der Waals surface area contributed by atoms with E-state index < -0.39 is 30.1 Å². The van der Waals surface area contributed by atoms with Crippen LogP contribution in [0.5, 0.6) is 0 Å². The number of alkyl halides is 2. The van der Waals surface area contributed by atoms with Gasteiger partial charge >= 0.3 is 12.1 Å². The SMILES string of the molecule is CC(NC(=O)C(Cc1ccccc1)NC(=O)OCc1ccccc1)C(=O)O.O=C(CCl)CCl. The number of hydrogen-bond donors (Lipinski definition) is 3. The number of carbonyl (C=O) groups excluding carboxylic acids is 3. The summed E-state index contributed by atoms with van der Waals surface area (Å²) in [6.07, 6.45) is -0.544. The molecule has 0 saturated heterocycles. The highest BCUT2D eigenvalue weighted by Gasteiger charge is 2.25. The van der Waals surface area contributed by atoms with Crippen LogP contribution >= 0.6 is 23.2 Å². The van der Waals surface area contributed by atoms with E-state index in [2.05, 4.69) is 10.6 Å². The van der Waals surface area contributed by atoms with Gasteiger partial charge in [-0.2, -0.15) is 0 Å². The van der Waals surface area contributed by atoms with Gasteiger partial charge in [-0.3, -0.25) is 14.4 Å². The highest BCUT2D eigenvalue weighted by molar-refractivity contribution is 6.35. The largest absolute Gasteiger partial charge is 0.480 e. The summed E-state index contributed by atoms with van der Waals surface area (Å²) in [5.74, 6) is -1.82. The minimum Gasteiger partial charge on any atom is -0.480 e. The molecule has 0 saturated carbocycles. The van der Waals surface area contributed by atoms with Crippen LogP contribution in [0.3, 0.4) is 0 Å². The van der Waals surface area contributed by atoms with Gasteiger partial charge in [0.05, 0.1) is 11.8 Å². The fourth-order valence-corrected chi connectivity index (χ4v) is 2.66. The van der Waals surface area contributed by atoms with Crippen molar-refractivity contribution in [3.05, 3.63) is 71.8 Å². The number of benzene rings is 2. The zero-order chi connectivity index (χ0) is 24.6. The molecule has 0 radical (unpaired) electrons. The number of amides is 2. The van der Waals surface area contributed by atoms with E-state index >= 15 is 0 Å². The average Bonchev–Trinajstić information content (AvgIpc) is 2.83. The molecule has 2 aromatic carbocycles. The second kappa shape index (κ2) is 15.7. The summed E-state index contributed by atoms with van der Waals surface area (Å²) in [6.45, 7) is 1.42. The van der Waals surface area contributed by atoms with E-state index in [4.69, 9.17) is 33.0 Å². The number of rotatable bonds is 10. The van der Waals surface area contributed by atoms with Crippen molar-refractivity contribution in [1.29, 1.82) is 0 Å². The number of carbonyl (C=O) groups is 4. The fourth-order valence-electron chi connectivity index (χ4n) is 2.38. The molecule has 10 heteroatoms. The Hall–Kier alpha value is -3.10. The van der Waals surface area contributed by atoms with Crippen molar-refractivity contribution in [2.24, 2.45) is 0 Å². The number of carboxylic acids is 1. The lowest BCUT2D eigenvalue weighted by Gasteiger charge is -2.20. The van der Waals surface area contributed by atoms with Crippen LogP contribution < -0.4 is 10.6 Å². The molecule has 0 aliphatic heterocycles. The number of carboxylic acid groups (broad SMARTS) is 1. The number of ether oxygens (including phenoxy) is 1. The maximum atomic E-state index is 12.4. The zero-order valence-electron chi connectivity index (χ0n) is 18.0. The Morgan fingerprint density at radius 1 is 0.879 bits per heavy atom. The van der Waals surface area contributed by atoms with Crippen molar-refractivity contribution >= 4 is 47.0 Å². The molecule has 2 aromatic rings. The summed E-state index contributed by atoms with van der Waals surface area (Å²) in [5, 5.41) is 13.9. The molecule has 178 valence electrons. The van der Waals surface area contributed by atoms with Gasteiger partial charge in [0.2, 0.25) is 5.91 Å². The first-order valence-corrected chi connectivity index (χ1v) is 11.0. The van der Waals surface area contributed by atoms with E-state index in [-0.39, 0.29) is 30.6 Å². The standard InChI is InChI=1S/C20H22N2O5.C3H4Cl2O/c1-14(19(24)25)21-18(23)17(12-15-8-4-2-5-9-15)22-20(26)27-13-16-10-6-3-7-11-16;4-1-3(6)2-5/h2-11,14,17H,12-13H2,1H3,(H,21,23)(H,22,26)(H,24,25);1-2H2. The fraction of sp³-hybridized carbons (Fsp3) is 0.304. The molecule has 2 rings (SSSR count). The number of Topliss-reactive ketones (excluding diaryl/α,β-unsaturated/α-hetero) is 1. The monoisotopic (exact) mass is 496 g/mol. The maximum Gasteiger partial charge on any atom is 0.408 e. The molecule has 0 bridgehead atoms. The van der Waals surface area contributed by atoms with Crippen molar-refractivity contribution < 1.29 is 29.0 Å². The van der Waals surface area contributed by atoms with E-state index in [0.29, 0.717) is 0 Å². The van der Waals surface area contributed by atoms with E-state index in [0.717, 1.165) is 11.1 Å². The quantitative estimate of drug-likeness (QED) is 0.434. The third-order valence-electron chi connectivity index (χ3n) is 4.13. The second-order valence-electron chi connectivity index (χ2n) is 6.82. The van der Waals surface area contributed by atoms with Gasteiger partial charge in [0, 0.05) is 6.42 Å². The number of ketones is 1. The summed E-state index contributed by atoms with van der Waals surface area (Å²) in [6, 6.07) is 16.2. The minimum absolute atomic E-state index is 0.0312. The predicted octanol–water partition coefficient (Wildman–Crippen LogP) is 3.15. The van der Waals surface area contributed by atoms with Crippen LogP contribution in [0.15, 0.2) is 60.7 Å². The molecule has 0 fully saturated rings. The van der Waals surface area contributed by atoms with E-state index in [1.165, 1.54) is 6.92 Å². The molecule has 0 spiro atoms. The third kappa shape index (κ3) is 11.9. The first-order chi connectivity index (χ1) is 15.8. The smallest absolute Gasteiger partial charge is 0.408 e. The van der Waals surface area contributed by atoms with Crippen LogP contribution in [0.1, 0.15) is 18.1 Å². The molecule has 33 heavy (non-hydrogen) atoms. The highest BCUT2D eigenvalue weighted by Crippen LogP contribution is 2.06. The van der Waals surface area contributed by atoms with Crippen LogP contribution in [0.2, 0.25) is 0 Å². The molecule has 8 nitrogen and oxygen atoms in total. The van der Waals surface area contributed by atoms with Crippen LogP contribution in [0.25, 0.3) is 0 Å².